The van der Waals surface area contributed by atoms with E-state index in [2.05, 4.69) is 4.72 Å². The smallest absolute Gasteiger partial charge is 0.257 e. The third-order valence-corrected chi connectivity index (χ3v) is 5.87. The first-order valence-corrected chi connectivity index (χ1v) is 9.96. The Bertz CT molecular complexity index is 875. The summed E-state index contributed by atoms with van der Waals surface area (Å²) in [6.07, 6.45) is 3.31. The van der Waals surface area contributed by atoms with Gasteiger partial charge in [0.2, 0.25) is 10.0 Å². The highest BCUT2D eigenvalue weighted by Gasteiger charge is 2.24. The van der Waals surface area contributed by atoms with Gasteiger partial charge in [-0.3, -0.25) is 4.79 Å². The Hall–Kier alpha value is -2.16. The first kappa shape index (κ1) is 18.6. The maximum atomic E-state index is 12.5. The lowest BCUT2D eigenvalue weighted by Gasteiger charge is -2.29. The van der Waals surface area contributed by atoms with Crippen LogP contribution in [0.1, 0.15) is 34.8 Å². The Balaban J connectivity index is 1.76. The summed E-state index contributed by atoms with van der Waals surface area (Å²) in [5.41, 5.74) is 2.35. The fourth-order valence-electron chi connectivity index (χ4n) is 2.93. The summed E-state index contributed by atoms with van der Waals surface area (Å²) in [6.45, 7) is 2.72. The molecule has 0 saturated heterocycles. The number of amides is 1. The molecule has 0 unspecified atom stereocenters. The Morgan fingerprint density at radius 1 is 1.35 bits per heavy atom. The number of furan rings is 1. The van der Waals surface area contributed by atoms with Crippen LogP contribution in [0.15, 0.2) is 46.1 Å². The molecule has 2 aromatic rings. The van der Waals surface area contributed by atoms with Crippen LogP contribution in [-0.4, -0.2) is 43.5 Å². The number of carbonyl (C=O) groups is 1. The van der Waals surface area contributed by atoms with Gasteiger partial charge in [0, 0.05) is 19.6 Å². The van der Waals surface area contributed by atoms with Crippen LogP contribution in [0.4, 0.5) is 0 Å². The zero-order valence-electron chi connectivity index (χ0n) is 14.5. The Morgan fingerprint density at radius 3 is 2.85 bits per heavy atom. The highest BCUT2D eigenvalue weighted by Crippen LogP contribution is 2.24. The number of carbonyl (C=O) groups excluding carboxylic acids is 1. The Kier molecular flexibility index (Phi) is 5.45. The third-order valence-electron chi connectivity index (χ3n) is 4.41. The van der Waals surface area contributed by atoms with Gasteiger partial charge in [0.05, 0.1) is 22.8 Å². The normalized spacial score (nSPS) is 15.5. The van der Waals surface area contributed by atoms with Crippen molar-refractivity contribution in [3.63, 3.8) is 0 Å². The SMILES string of the molecule is C[C@@H](O)CCNS(=O)(=O)c1ccc2c(c1)CN(C(=O)c1ccoc1)CC2. The van der Waals surface area contributed by atoms with Crippen molar-refractivity contribution in [3.8, 4) is 0 Å². The van der Waals surface area contributed by atoms with E-state index in [1.54, 1.807) is 36.1 Å². The van der Waals surface area contributed by atoms with Crippen molar-refractivity contribution in [1.82, 2.24) is 9.62 Å². The van der Waals surface area contributed by atoms with Crippen LogP contribution in [0.3, 0.4) is 0 Å². The Labute approximate surface area is 152 Å². The molecule has 1 atom stereocenters. The number of aliphatic hydroxyl groups excluding tert-OH is 1. The van der Waals surface area contributed by atoms with Crippen LogP contribution in [0.25, 0.3) is 0 Å². The van der Waals surface area contributed by atoms with Gasteiger partial charge in [-0.2, -0.15) is 0 Å². The van der Waals surface area contributed by atoms with E-state index >= 15 is 0 Å². The fraction of sp³-hybridized carbons (Fsp3) is 0.389. The van der Waals surface area contributed by atoms with Crippen LogP contribution < -0.4 is 4.72 Å². The highest BCUT2D eigenvalue weighted by atomic mass is 32.2. The van der Waals surface area contributed by atoms with Crippen LogP contribution in [0.2, 0.25) is 0 Å². The molecule has 0 saturated carbocycles. The number of benzene rings is 1. The number of fused-ring (bicyclic) bond motifs is 1. The molecule has 0 fully saturated rings. The number of rotatable bonds is 6. The van der Waals surface area contributed by atoms with Crippen LogP contribution >= 0.6 is 0 Å². The Morgan fingerprint density at radius 2 is 2.15 bits per heavy atom. The van der Waals surface area contributed by atoms with E-state index in [9.17, 15) is 18.3 Å². The largest absolute Gasteiger partial charge is 0.472 e. The second kappa shape index (κ2) is 7.61. The topological polar surface area (TPSA) is 99.9 Å². The third kappa shape index (κ3) is 4.14. The summed E-state index contributed by atoms with van der Waals surface area (Å²) in [6, 6.07) is 6.62. The van der Waals surface area contributed by atoms with Gasteiger partial charge in [-0.05, 0) is 49.1 Å². The van der Waals surface area contributed by atoms with Crippen LogP contribution in [0.5, 0.6) is 0 Å². The molecule has 26 heavy (non-hydrogen) atoms. The molecule has 7 nitrogen and oxygen atoms in total. The lowest BCUT2D eigenvalue weighted by molar-refractivity contribution is 0.0734. The van der Waals surface area contributed by atoms with Gasteiger partial charge >= 0.3 is 0 Å². The molecule has 8 heteroatoms. The van der Waals surface area contributed by atoms with Gasteiger partial charge < -0.3 is 14.4 Å². The van der Waals surface area contributed by atoms with Gasteiger partial charge in [0.15, 0.2) is 0 Å². The van der Waals surface area contributed by atoms with E-state index in [-0.39, 0.29) is 17.3 Å². The molecule has 0 bridgehead atoms. The minimum absolute atomic E-state index is 0.132. The zero-order chi connectivity index (χ0) is 18.7. The minimum Gasteiger partial charge on any atom is -0.472 e. The standard InChI is InChI=1S/C18H22N2O5S/c1-13(21)4-7-19-26(23,24)17-3-2-14-5-8-20(11-16(14)10-17)18(22)15-6-9-25-12-15/h2-3,6,9-10,12-13,19,21H,4-5,7-8,11H2,1H3/t13-/m1/s1. The summed E-state index contributed by atoms with van der Waals surface area (Å²) in [4.78, 5) is 14.3. The van der Waals surface area contributed by atoms with Crippen molar-refractivity contribution in [3.05, 3.63) is 53.5 Å². The first-order valence-electron chi connectivity index (χ1n) is 8.48. The number of sulfonamides is 1. The molecule has 1 aliphatic heterocycles. The van der Waals surface area contributed by atoms with E-state index in [4.69, 9.17) is 4.42 Å². The van der Waals surface area contributed by atoms with Crippen molar-refractivity contribution < 1.29 is 22.7 Å². The summed E-state index contributed by atoms with van der Waals surface area (Å²) in [5.74, 6) is -0.132. The maximum absolute atomic E-state index is 12.5. The first-order chi connectivity index (χ1) is 12.4. The summed E-state index contributed by atoms with van der Waals surface area (Å²) in [5, 5.41) is 9.26. The molecule has 1 aromatic heterocycles. The lowest BCUT2D eigenvalue weighted by Crippen LogP contribution is -2.36. The molecule has 140 valence electrons. The predicted octanol–water partition coefficient (Wildman–Crippen LogP) is 1.53. The molecule has 0 aliphatic carbocycles. The molecule has 1 aliphatic rings. The van der Waals surface area contributed by atoms with Gasteiger partial charge in [0.25, 0.3) is 5.91 Å². The van der Waals surface area contributed by atoms with Crippen LogP contribution in [-0.2, 0) is 23.0 Å². The van der Waals surface area contributed by atoms with E-state index in [0.29, 0.717) is 31.5 Å². The molecule has 2 heterocycles. The molecule has 1 amide bonds. The van der Waals surface area contributed by atoms with Gasteiger partial charge in [-0.25, -0.2) is 13.1 Å². The van der Waals surface area contributed by atoms with E-state index < -0.39 is 16.1 Å². The zero-order valence-corrected chi connectivity index (χ0v) is 15.3. The van der Waals surface area contributed by atoms with Crippen molar-refractivity contribution in [1.29, 1.82) is 0 Å². The number of hydrogen-bond donors (Lipinski definition) is 2. The van der Waals surface area contributed by atoms with E-state index in [0.717, 1.165) is 11.1 Å². The molecular formula is C18H22N2O5S. The number of aliphatic hydroxyl groups is 1. The van der Waals surface area contributed by atoms with Gasteiger partial charge in [0.1, 0.15) is 6.26 Å². The second-order valence-electron chi connectivity index (χ2n) is 6.45. The minimum atomic E-state index is -3.65. The lowest BCUT2D eigenvalue weighted by atomic mass is 9.99. The summed E-state index contributed by atoms with van der Waals surface area (Å²) >= 11 is 0. The molecule has 0 radical (unpaired) electrons. The highest BCUT2D eigenvalue weighted by molar-refractivity contribution is 7.89. The fourth-order valence-corrected chi connectivity index (χ4v) is 4.03. The molecule has 0 spiro atoms. The monoisotopic (exact) mass is 378 g/mol. The quantitative estimate of drug-likeness (QED) is 0.794. The average molecular weight is 378 g/mol. The van der Waals surface area contributed by atoms with Crippen molar-refractivity contribution in [2.45, 2.75) is 37.3 Å². The number of hydrogen-bond acceptors (Lipinski definition) is 5. The predicted molar refractivity (Wildman–Crippen MR) is 95.1 cm³/mol. The van der Waals surface area contributed by atoms with Gasteiger partial charge in [-0.1, -0.05) is 6.07 Å². The summed E-state index contributed by atoms with van der Waals surface area (Å²) < 4.78 is 32.3. The van der Waals surface area contributed by atoms with E-state index in [1.165, 1.54) is 12.5 Å². The average Bonchev–Trinajstić information content (AvgIpc) is 3.14. The summed E-state index contributed by atoms with van der Waals surface area (Å²) in [7, 11) is -3.65. The molecular weight excluding hydrogens is 356 g/mol. The molecule has 3 rings (SSSR count). The molecule has 2 N–H and O–H groups in total. The molecule has 1 aromatic carbocycles. The van der Waals surface area contributed by atoms with Crippen molar-refractivity contribution in [2.24, 2.45) is 0 Å². The van der Waals surface area contributed by atoms with E-state index in [1.807, 2.05) is 0 Å². The van der Waals surface area contributed by atoms with Gasteiger partial charge in [-0.15, -0.1) is 0 Å². The van der Waals surface area contributed by atoms with Crippen LogP contribution in [0, 0.1) is 0 Å². The number of nitrogens with zero attached hydrogens (tertiary/aromatic N) is 1. The van der Waals surface area contributed by atoms with Crippen molar-refractivity contribution >= 4 is 15.9 Å². The van der Waals surface area contributed by atoms with Crippen molar-refractivity contribution in [2.75, 3.05) is 13.1 Å². The maximum Gasteiger partial charge on any atom is 0.257 e. The number of nitrogens with one attached hydrogen (secondary N) is 1. The second-order valence-corrected chi connectivity index (χ2v) is 8.22.